The van der Waals surface area contributed by atoms with Crippen LogP contribution in [0.1, 0.15) is 15.9 Å². The fraction of sp³-hybridized carbons (Fsp3) is 0.0556. The highest BCUT2D eigenvalue weighted by Crippen LogP contribution is 2.19. The van der Waals surface area contributed by atoms with Crippen molar-refractivity contribution in [2.75, 3.05) is 0 Å². The van der Waals surface area contributed by atoms with Crippen molar-refractivity contribution in [3.63, 3.8) is 0 Å². The SMILES string of the molecule is O=C(NCc1ccc2ccccc2c1)c1ccc(F)cc1Br. The van der Waals surface area contributed by atoms with E-state index in [0.29, 0.717) is 16.6 Å². The minimum absolute atomic E-state index is 0.236. The van der Waals surface area contributed by atoms with Crippen LogP contribution in [0.5, 0.6) is 0 Å². The quantitative estimate of drug-likeness (QED) is 0.724. The molecule has 0 aliphatic carbocycles. The average molecular weight is 358 g/mol. The lowest BCUT2D eigenvalue weighted by atomic mass is 10.1. The number of rotatable bonds is 3. The lowest BCUT2D eigenvalue weighted by Crippen LogP contribution is -2.23. The summed E-state index contributed by atoms with van der Waals surface area (Å²) in [5.74, 6) is -0.613. The van der Waals surface area contributed by atoms with E-state index >= 15 is 0 Å². The molecular formula is C18H13BrFNO. The van der Waals surface area contributed by atoms with Gasteiger partial charge in [0.2, 0.25) is 0 Å². The number of hydrogen-bond donors (Lipinski definition) is 1. The van der Waals surface area contributed by atoms with Crippen molar-refractivity contribution < 1.29 is 9.18 Å². The summed E-state index contributed by atoms with van der Waals surface area (Å²) >= 11 is 3.21. The van der Waals surface area contributed by atoms with Crippen molar-refractivity contribution in [3.05, 3.63) is 82.1 Å². The molecule has 0 radical (unpaired) electrons. The van der Waals surface area contributed by atoms with E-state index in [4.69, 9.17) is 0 Å². The summed E-state index contributed by atoms with van der Waals surface area (Å²) < 4.78 is 13.5. The summed E-state index contributed by atoms with van der Waals surface area (Å²) in [4.78, 5) is 12.2. The average Bonchev–Trinajstić information content (AvgIpc) is 2.52. The van der Waals surface area contributed by atoms with Crippen molar-refractivity contribution >= 4 is 32.6 Å². The van der Waals surface area contributed by atoms with E-state index in [-0.39, 0.29) is 11.7 Å². The molecule has 0 fully saturated rings. The molecule has 0 unspecified atom stereocenters. The summed E-state index contributed by atoms with van der Waals surface area (Å²) in [6.07, 6.45) is 0. The van der Waals surface area contributed by atoms with Crippen LogP contribution in [0.3, 0.4) is 0 Å². The molecule has 1 amide bonds. The normalized spacial score (nSPS) is 10.6. The minimum atomic E-state index is -0.377. The topological polar surface area (TPSA) is 29.1 Å². The van der Waals surface area contributed by atoms with Crippen LogP contribution in [0.4, 0.5) is 4.39 Å². The van der Waals surface area contributed by atoms with Crippen molar-refractivity contribution in [3.8, 4) is 0 Å². The van der Waals surface area contributed by atoms with Crippen LogP contribution in [-0.2, 0) is 6.54 Å². The molecule has 22 heavy (non-hydrogen) atoms. The van der Waals surface area contributed by atoms with Gasteiger partial charge < -0.3 is 5.32 Å². The highest BCUT2D eigenvalue weighted by molar-refractivity contribution is 9.10. The van der Waals surface area contributed by atoms with E-state index in [0.717, 1.165) is 10.9 Å². The Morgan fingerprint density at radius 1 is 1.00 bits per heavy atom. The Kier molecular flexibility index (Phi) is 4.20. The van der Waals surface area contributed by atoms with Gasteiger partial charge in [-0.1, -0.05) is 36.4 Å². The third-order valence-electron chi connectivity index (χ3n) is 3.44. The predicted molar refractivity (Wildman–Crippen MR) is 89.2 cm³/mol. The molecule has 3 aromatic rings. The molecule has 3 aromatic carbocycles. The van der Waals surface area contributed by atoms with Crippen molar-refractivity contribution in [2.45, 2.75) is 6.54 Å². The second kappa shape index (κ2) is 6.28. The van der Waals surface area contributed by atoms with Gasteiger partial charge in [-0.3, -0.25) is 4.79 Å². The first-order valence-corrected chi connectivity index (χ1v) is 7.64. The van der Waals surface area contributed by atoms with Crippen LogP contribution in [0, 0.1) is 5.82 Å². The Morgan fingerprint density at radius 3 is 2.55 bits per heavy atom. The van der Waals surface area contributed by atoms with Crippen molar-refractivity contribution in [2.24, 2.45) is 0 Å². The maximum absolute atomic E-state index is 13.0. The van der Waals surface area contributed by atoms with Gasteiger partial charge in [-0.2, -0.15) is 0 Å². The second-order valence-electron chi connectivity index (χ2n) is 4.99. The maximum atomic E-state index is 13.0. The Balaban J connectivity index is 1.74. The van der Waals surface area contributed by atoms with Gasteiger partial charge in [-0.05, 0) is 56.5 Å². The summed E-state index contributed by atoms with van der Waals surface area (Å²) in [5, 5.41) is 5.15. The van der Waals surface area contributed by atoms with Gasteiger partial charge >= 0.3 is 0 Å². The van der Waals surface area contributed by atoms with Gasteiger partial charge in [0.25, 0.3) is 5.91 Å². The molecule has 1 N–H and O–H groups in total. The van der Waals surface area contributed by atoms with E-state index in [2.05, 4.69) is 27.3 Å². The van der Waals surface area contributed by atoms with E-state index in [1.165, 1.54) is 23.6 Å². The minimum Gasteiger partial charge on any atom is -0.348 e. The third kappa shape index (κ3) is 3.17. The summed E-state index contributed by atoms with van der Waals surface area (Å²) in [7, 11) is 0. The molecule has 2 nitrogen and oxygen atoms in total. The monoisotopic (exact) mass is 357 g/mol. The summed E-state index contributed by atoms with van der Waals surface area (Å²) in [6.45, 7) is 0.424. The van der Waals surface area contributed by atoms with Crippen LogP contribution in [0.15, 0.2) is 65.1 Å². The predicted octanol–water partition coefficient (Wildman–Crippen LogP) is 4.67. The number of benzene rings is 3. The van der Waals surface area contributed by atoms with E-state index in [1.807, 2.05) is 36.4 Å². The zero-order valence-corrected chi connectivity index (χ0v) is 13.2. The molecule has 0 aliphatic heterocycles. The Bertz CT molecular complexity index is 847. The second-order valence-corrected chi connectivity index (χ2v) is 5.84. The highest BCUT2D eigenvalue weighted by atomic mass is 79.9. The number of nitrogens with one attached hydrogen (secondary N) is 1. The summed E-state index contributed by atoms with van der Waals surface area (Å²) in [5.41, 5.74) is 1.44. The van der Waals surface area contributed by atoms with Gasteiger partial charge in [-0.25, -0.2) is 4.39 Å². The molecule has 0 bridgehead atoms. The van der Waals surface area contributed by atoms with Gasteiger partial charge in [-0.15, -0.1) is 0 Å². The van der Waals surface area contributed by atoms with Crippen molar-refractivity contribution in [1.82, 2.24) is 5.32 Å². The first kappa shape index (κ1) is 14.7. The first-order valence-electron chi connectivity index (χ1n) is 6.84. The van der Waals surface area contributed by atoms with E-state index in [9.17, 15) is 9.18 Å². The molecule has 0 spiro atoms. The summed E-state index contributed by atoms with van der Waals surface area (Å²) in [6, 6.07) is 18.2. The molecule has 3 rings (SSSR count). The molecule has 0 saturated carbocycles. The number of hydrogen-bond acceptors (Lipinski definition) is 1. The molecule has 0 aliphatic rings. The molecule has 0 saturated heterocycles. The number of halogens is 2. The molecule has 4 heteroatoms. The van der Waals surface area contributed by atoms with E-state index in [1.54, 1.807) is 0 Å². The standard InChI is InChI=1S/C18H13BrFNO/c19-17-10-15(20)7-8-16(17)18(22)21-11-12-5-6-13-3-1-2-4-14(13)9-12/h1-10H,11H2,(H,21,22). The highest BCUT2D eigenvalue weighted by Gasteiger charge is 2.10. The van der Waals surface area contributed by atoms with Gasteiger partial charge in [0.05, 0.1) is 5.56 Å². The maximum Gasteiger partial charge on any atom is 0.252 e. The van der Waals surface area contributed by atoms with Crippen molar-refractivity contribution in [1.29, 1.82) is 0 Å². The Hall–Kier alpha value is -2.20. The molecule has 0 aromatic heterocycles. The van der Waals surface area contributed by atoms with Crippen LogP contribution in [0.25, 0.3) is 10.8 Å². The van der Waals surface area contributed by atoms with Crippen LogP contribution in [0.2, 0.25) is 0 Å². The number of fused-ring (bicyclic) bond motifs is 1. The number of carbonyl (C=O) groups is 1. The largest absolute Gasteiger partial charge is 0.348 e. The fourth-order valence-electron chi connectivity index (χ4n) is 2.30. The fourth-order valence-corrected chi connectivity index (χ4v) is 2.83. The third-order valence-corrected chi connectivity index (χ3v) is 4.10. The van der Waals surface area contributed by atoms with Crippen LogP contribution >= 0.6 is 15.9 Å². The smallest absolute Gasteiger partial charge is 0.252 e. The first-order chi connectivity index (χ1) is 10.6. The number of amides is 1. The Morgan fingerprint density at radius 2 is 1.77 bits per heavy atom. The van der Waals surface area contributed by atoms with Gasteiger partial charge in [0.1, 0.15) is 5.82 Å². The molecule has 110 valence electrons. The van der Waals surface area contributed by atoms with Crippen LogP contribution in [-0.4, -0.2) is 5.91 Å². The molecular weight excluding hydrogens is 345 g/mol. The zero-order chi connectivity index (χ0) is 15.5. The Labute approximate surface area is 136 Å². The number of carbonyl (C=O) groups excluding carboxylic acids is 1. The van der Waals surface area contributed by atoms with E-state index < -0.39 is 0 Å². The van der Waals surface area contributed by atoms with Gasteiger partial charge in [0.15, 0.2) is 0 Å². The lowest BCUT2D eigenvalue weighted by Gasteiger charge is -2.08. The zero-order valence-electron chi connectivity index (χ0n) is 11.6. The molecule has 0 atom stereocenters. The van der Waals surface area contributed by atoms with Gasteiger partial charge in [0, 0.05) is 11.0 Å². The molecule has 0 heterocycles. The van der Waals surface area contributed by atoms with Crippen LogP contribution < -0.4 is 5.32 Å². The lowest BCUT2D eigenvalue weighted by molar-refractivity contribution is 0.0950.